The Morgan fingerprint density at radius 3 is 2.47 bits per heavy atom. The molecule has 0 radical (unpaired) electrons. The lowest BCUT2D eigenvalue weighted by Gasteiger charge is -2.32. The van der Waals surface area contributed by atoms with Crippen LogP contribution < -0.4 is 0 Å². The summed E-state index contributed by atoms with van der Waals surface area (Å²) in [5.74, 6) is 0. The molecule has 1 unspecified atom stereocenters. The summed E-state index contributed by atoms with van der Waals surface area (Å²) in [6.45, 7) is 13.0. The van der Waals surface area contributed by atoms with E-state index in [1.807, 2.05) is 0 Å². The second-order valence-electron chi connectivity index (χ2n) is 6.58. The van der Waals surface area contributed by atoms with Crippen molar-refractivity contribution in [1.29, 1.82) is 0 Å². The summed E-state index contributed by atoms with van der Waals surface area (Å²) in [6, 6.07) is 9.09. The number of hydrogen-bond acceptors (Lipinski definition) is 2. The van der Waals surface area contributed by atoms with E-state index in [0.29, 0.717) is 6.10 Å². The van der Waals surface area contributed by atoms with Crippen molar-refractivity contribution in [3.63, 3.8) is 0 Å². The number of nitrogens with zero attached hydrogens (tertiary/aromatic N) is 1. The monoisotopic (exact) mass is 261 g/mol. The lowest BCUT2D eigenvalue weighted by Crippen LogP contribution is -2.41. The second-order valence-corrected chi connectivity index (χ2v) is 6.58. The molecule has 1 aromatic carbocycles. The number of benzene rings is 1. The van der Waals surface area contributed by atoms with Crippen LogP contribution in [0, 0.1) is 0 Å². The van der Waals surface area contributed by atoms with Crippen LogP contribution in [0.1, 0.15) is 45.2 Å². The zero-order chi connectivity index (χ0) is 13.9. The third-order valence-corrected chi connectivity index (χ3v) is 3.90. The first-order valence-corrected chi connectivity index (χ1v) is 7.42. The Bertz CT molecular complexity index is 391. The number of ether oxygens (including phenoxy) is 1. The van der Waals surface area contributed by atoms with Crippen LogP contribution in [0.15, 0.2) is 24.3 Å². The standard InChI is InChI=1S/C17H27NO/c1-5-16-13-18(10-11-19-16)12-14-6-8-15(9-7-14)17(2,3)4/h6-9,16H,5,10-13H2,1-4H3. The highest BCUT2D eigenvalue weighted by Gasteiger charge is 2.19. The zero-order valence-corrected chi connectivity index (χ0v) is 12.8. The third kappa shape index (κ3) is 4.05. The van der Waals surface area contributed by atoms with Gasteiger partial charge in [0.1, 0.15) is 0 Å². The fourth-order valence-corrected chi connectivity index (χ4v) is 2.54. The molecule has 0 saturated carbocycles. The molecule has 0 bridgehead atoms. The first-order valence-electron chi connectivity index (χ1n) is 7.42. The Morgan fingerprint density at radius 1 is 1.21 bits per heavy atom. The third-order valence-electron chi connectivity index (χ3n) is 3.90. The Kier molecular flexibility index (Phi) is 4.64. The van der Waals surface area contributed by atoms with Crippen LogP contribution in [0.5, 0.6) is 0 Å². The fraction of sp³-hybridized carbons (Fsp3) is 0.647. The van der Waals surface area contributed by atoms with Gasteiger partial charge in [0.25, 0.3) is 0 Å². The molecule has 0 aromatic heterocycles. The SMILES string of the molecule is CCC1CN(Cc2ccc(C(C)(C)C)cc2)CCO1. The predicted molar refractivity (Wildman–Crippen MR) is 80.5 cm³/mol. The molecule has 2 rings (SSSR count). The van der Waals surface area contributed by atoms with Crippen molar-refractivity contribution in [2.75, 3.05) is 19.7 Å². The van der Waals surface area contributed by atoms with Crippen LogP contribution in [0.2, 0.25) is 0 Å². The Labute approximate surface area is 117 Å². The quantitative estimate of drug-likeness (QED) is 0.824. The van der Waals surface area contributed by atoms with Gasteiger partial charge in [-0.15, -0.1) is 0 Å². The van der Waals surface area contributed by atoms with Crippen LogP contribution in [-0.2, 0) is 16.7 Å². The molecule has 2 heteroatoms. The van der Waals surface area contributed by atoms with Gasteiger partial charge in [0.05, 0.1) is 12.7 Å². The van der Waals surface area contributed by atoms with Crippen molar-refractivity contribution in [1.82, 2.24) is 4.90 Å². The van der Waals surface area contributed by atoms with Crippen molar-refractivity contribution in [3.8, 4) is 0 Å². The second kappa shape index (κ2) is 6.06. The summed E-state index contributed by atoms with van der Waals surface area (Å²) in [6.07, 6.45) is 1.53. The minimum absolute atomic E-state index is 0.241. The highest BCUT2D eigenvalue weighted by atomic mass is 16.5. The molecule has 106 valence electrons. The molecular weight excluding hydrogens is 234 g/mol. The van der Waals surface area contributed by atoms with E-state index in [1.54, 1.807) is 0 Å². The molecule has 0 spiro atoms. The van der Waals surface area contributed by atoms with Crippen molar-refractivity contribution in [2.24, 2.45) is 0 Å². The van der Waals surface area contributed by atoms with Crippen LogP contribution in [0.25, 0.3) is 0 Å². The average molecular weight is 261 g/mol. The summed E-state index contributed by atoms with van der Waals surface area (Å²) in [5.41, 5.74) is 3.06. The predicted octanol–water partition coefficient (Wildman–Crippen LogP) is 3.59. The molecule has 1 atom stereocenters. The van der Waals surface area contributed by atoms with Gasteiger partial charge in [-0.3, -0.25) is 4.90 Å². The molecule has 1 aliphatic heterocycles. The van der Waals surface area contributed by atoms with Gasteiger partial charge in [-0.25, -0.2) is 0 Å². The van der Waals surface area contributed by atoms with Gasteiger partial charge >= 0.3 is 0 Å². The lowest BCUT2D eigenvalue weighted by atomic mass is 9.87. The summed E-state index contributed by atoms with van der Waals surface area (Å²) in [4.78, 5) is 2.50. The highest BCUT2D eigenvalue weighted by Crippen LogP contribution is 2.22. The van der Waals surface area contributed by atoms with E-state index < -0.39 is 0 Å². The fourth-order valence-electron chi connectivity index (χ4n) is 2.54. The van der Waals surface area contributed by atoms with Crippen molar-refractivity contribution < 1.29 is 4.74 Å². The first kappa shape index (κ1) is 14.5. The minimum atomic E-state index is 0.241. The summed E-state index contributed by atoms with van der Waals surface area (Å²) >= 11 is 0. The average Bonchev–Trinajstić information content (AvgIpc) is 2.38. The lowest BCUT2D eigenvalue weighted by molar-refractivity contribution is -0.0324. The zero-order valence-electron chi connectivity index (χ0n) is 12.8. The van der Waals surface area contributed by atoms with E-state index in [-0.39, 0.29) is 5.41 Å². The molecule has 1 saturated heterocycles. The number of morpholine rings is 1. The van der Waals surface area contributed by atoms with Crippen LogP contribution in [-0.4, -0.2) is 30.7 Å². The molecule has 0 amide bonds. The maximum atomic E-state index is 5.72. The van der Waals surface area contributed by atoms with Gasteiger partial charge in [-0.2, -0.15) is 0 Å². The molecule has 1 fully saturated rings. The first-order chi connectivity index (χ1) is 8.99. The summed E-state index contributed by atoms with van der Waals surface area (Å²) < 4.78 is 5.72. The van der Waals surface area contributed by atoms with E-state index in [1.165, 1.54) is 11.1 Å². The smallest absolute Gasteiger partial charge is 0.0700 e. The molecule has 0 aliphatic carbocycles. The largest absolute Gasteiger partial charge is 0.376 e. The molecule has 2 nitrogen and oxygen atoms in total. The van der Waals surface area contributed by atoms with Crippen molar-refractivity contribution in [3.05, 3.63) is 35.4 Å². The van der Waals surface area contributed by atoms with E-state index in [9.17, 15) is 0 Å². The van der Waals surface area contributed by atoms with E-state index in [2.05, 4.69) is 56.9 Å². The van der Waals surface area contributed by atoms with Crippen LogP contribution in [0.3, 0.4) is 0 Å². The van der Waals surface area contributed by atoms with Gasteiger partial charge in [0, 0.05) is 19.6 Å². The van der Waals surface area contributed by atoms with Crippen molar-refractivity contribution >= 4 is 0 Å². The number of hydrogen-bond donors (Lipinski definition) is 0. The molecule has 19 heavy (non-hydrogen) atoms. The summed E-state index contributed by atoms with van der Waals surface area (Å²) in [5, 5.41) is 0. The molecule has 0 N–H and O–H groups in total. The normalized spacial score (nSPS) is 21.6. The van der Waals surface area contributed by atoms with Crippen LogP contribution >= 0.6 is 0 Å². The Balaban J connectivity index is 1.96. The minimum Gasteiger partial charge on any atom is -0.376 e. The maximum Gasteiger partial charge on any atom is 0.0700 e. The van der Waals surface area contributed by atoms with Gasteiger partial charge < -0.3 is 4.74 Å². The van der Waals surface area contributed by atoms with Gasteiger partial charge in [0.15, 0.2) is 0 Å². The molecule has 1 heterocycles. The Hall–Kier alpha value is -0.860. The maximum absolute atomic E-state index is 5.72. The Morgan fingerprint density at radius 2 is 1.89 bits per heavy atom. The van der Waals surface area contributed by atoms with Gasteiger partial charge in [-0.1, -0.05) is 52.0 Å². The van der Waals surface area contributed by atoms with E-state index in [0.717, 1.165) is 32.7 Å². The highest BCUT2D eigenvalue weighted by molar-refractivity contribution is 5.27. The number of rotatable bonds is 3. The topological polar surface area (TPSA) is 12.5 Å². The van der Waals surface area contributed by atoms with Crippen LogP contribution in [0.4, 0.5) is 0 Å². The van der Waals surface area contributed by atoms with Crippen molar-refractivity contribution in [2.45, 2.75) is 52.2 Å². The summed E-state index contributed by atoms with van der Waals surface area (Å²) in [7, 11) is 0. The molecule has 1 aromatic rings. The molecule has 1 aliphatic rings. The van der Waals surface area contributed by atoms with E-state index >= 15 is 0 Å². The van der Waals surface area contributed by atoms with E-state index in [4.69, 9.17) is 4.74 Å². The van der Waals surface area contributed by atoms with Gasteiger partial charge in [0.2, 0.25) is 0 Å². The van der Waals surface area contributed by atoms with Gasteiger partial charge in [-0.05, 0) is 23.0 Å². The molecular formula is C17H27NO.